The van der Waals surface area contributed by atoms with Gasteiger partial charge in [0.1, 0.15) is 0 Å². The van der Waals surface area contributed by atoms with Gasteiger partial charge in [0.2, 0.25) is 0 Å². The Hall–Kier alpha value is -0.340. The van der Waals surface area contributed by atoms with Gasteiger partial charge in [0, 0.05) is 6.42 Å². The van der Waals surface area contributed by atoms with E-state index in [0.717, 1.165) is 6.42 Å². The summed E-state index contributed by atoms with van der Waals surface area (Å²) in [5.74, 6) is -0.308. The van der Waals surface area contributed by atoms with Gasteiger partial charge in [0.25, 0.3) is 0 Å². The first-order chi connectivity index (χ1) is 4.81. The van der Waals surface area contributed by atoms with Gasteiger partial charge in [-0.3, -0.25) is 0 Å². The minimum atomic E-state index is -0.308. The zero-order valence-electron chi connectivity index (χ0n) is 6.17. The normalized spacial score (nSPS) is 45.5. The number of ether oxygens (including phenoxy) is 2. The van der Waals surface area contributed by atoms with Crippen LogP contribution >= 0.6 is 0 Å². The third-order valence-corrected chi connectivity index (χ3v) is 2.00. The number of allylic oxidation sites excluding steroid dienone is 1. The second-order valence-electron chi connectivity index (χ2n) is 2.91. The fraction of sp³-hybridized carbons (Fsp3) is 0.750. The summed E-state index contributed by atoms with van der Waals surface area (Å²) >= 11 is 0. The quantitative estimate of drug-likeness (QED) is 0.478. The van der Waals surface area contributed by atoms with Gasteiger partial charge in [-0.2, -0.15) is 0 Å². The predicted molar refractivity (Wildman–Crippen MR) is 37.4 cm³/mol. The average molecular weight is 140 g/mol. The molecule has 1 spiro atoms. The van der Waals surface area contributed by atoms with E-state index in [2.05, 4.69) is 6.08 Å². The molecule has 0 saturated carbocycles. The summed E-state index contributed by atoms with van der Waals surface area (Å²) in [6.07, 6.45) is 7.55. The molecule has 1 heterocycles. The maximum atomic E-state index is 5.46. The molecule has 0 amide bonds. The van der Waals surface area contributed by atoms with E-state index >= 15 is 0 Å². The molecule has 10 heavy (non-hydrogen) atoms. The second-order valence-corrected chi connectivity index (χ2v) is 2.91. The van der Waals surface area contributed by atoms with Crippen LogP contribution in [0.5, 0.6) is 0 Å². The molecule has 0 aromatic carbocycles. The molecule has 1 saturated heterocycles. The van der Waals surface area contributed by atoms with Crippen LogP contribution in [0, 0.1) is 0 Å². The van der Waals surface area contributed by atoms with Crippen molar-refractivity contribution in [2.24, 2.45) is 0 Å². The smallest absolute Gasteiger partial charge is 0.193 e. The molecule has 0 aromatic heterocycles. The molecule has 0 N–H and O–H groups in total. The van der Waals surface area contributed by atoms with Crippen molar-refractivity contribution in [2.75, 3.05) is 0 Å². The molecular weight excluding hydrogens is 128 g/mol. The van der Waals surface area contributed by atoms with Crippen molar-refractivity contribution in [3.8, 4) is 0 Å². The zero-order valence-corrected chi connectivity index (χ0v) is 6.17. The summed E-state index contributed by atoms with van der Waals surface area (Å²) in [6.45, 7) is 1.92. The van der Waals surface area contributed by atoms with Crippen LogP contribution in [0.25, 0.3) is 0 Å². The Balaban J connectivity index is 2.03. The van der Waals surface area contributed by atoms with E-state index in [-0.39, 0.29) is 12.1 Å². The van der Waals surface area contributed by atoms with Crippen LogP contribution < -0.4 is 0 Å². The fourth-order valence-corrected chi connectivity index (χ4v) is 1.58. The van der Waals surface area contributed by atoms with E-state index in [1.165, 1.54) is 12.8 Å². The molecule has 2 aliphatic rings. The van der Waals surface area contributed by atoms with Crippen molar-refractivity contribution in [1.29, 1.82) is 0 Å². The molecule has 56 valence electrons. The summed E-state index contributed by atoms with van der Waals surface area (Å²) in [5.41, 5.74) is 0. The second kappa shape index (κ2) is 2.07. The summed E-state index contributed by atoms with van der Waals surface area (Å²) in [6, 6.07) is 0. The molecule has 2 nitrogen and oxygen atoms in total. The molecule has 0 radical (unpaired) electrons. The van der Waals surface area contributed by atoms with Crippen LogP contribution in [0.4, 0.5) is 0 Å². The Morgan fingerprint density at radius 3 is 2.80 bits per heavy atom. The first-order valence-electron chi connectivity index (χ1n) is 3.84. The van der Waals surface area contributed by atoms with Crippen molar-refractivity contribution in [1.82, 2.24) is 0 Å². The Morgan fingerprint density at radius 2 is 2.30 bits per heavy atom. The van der Waals surface area contributed by atoms with Crippen LogP contribution in [-0.4, -0.2) is 12.1 Å². The lowest BCUT2D eigenvalue weighted by atomic mass is 10.0. The minimum absolute atomic E-state index is 0.00255. The van der Waals surface area contributed by atoms with Crippen LogP contribution in [0.15, 0.2) is 12.2 Å². The fourth-order valence-electron chi connectivity index (χ4n) is 1.58. The van der Waals surface area contributed by atoms with Crippen molar-refractivity contribution in [2.45, 2.75) is 38.3 Å². The van der Waals surface area contributed by atoms with Gasteiger partial charge < -0.3 is 9.47 Å². The minimum Gasteiger partial charge on any atom is -0.317 e. The topological polar surface area (TPSA) is 18.5 Å². The first-order valence-corrected chi connectivity index (χ1v) is 3.84. The van der Waals surface area contributed by atoms with Crippen molar-refractivity contribution >= 4 is 0 Å². The lowest BCUT2D eigenvalue weighted by Gasteiger charge is -2.45. The van der Waals surface area contributed by atoms with Crippen molar-refractivity contribution in [3.05, 3.63) is 12.2 Å². The highest BCUT2D eigenvalue weighted by molar-refractivity contribution is 5.03. The molecular formula is C8H12O2. The molecule has 1 aliphatic carbocycles. The van der Waals surface area contributed by atoms with Gasteiger partial charge >= 0.3 is 0 Å². The highest BCUT2D eigenvalue weighted by atomic mass is 16.9. The summed E-state index contributed by atoms with van der Waals surface area (Å²) in [4.78, 5) is 0. The lowest BCUT2D eigenvalue weighted by Crippen LogP contribution is -2.51. The van der Waals surface area contributed by atoms with E-state index in [9.17, 15) is 0 Å². The number of hydrogen-bond donors (Lipinski definition) is 0. The van der Waals surface area contributed by atoms with Gasteiger partial charge in [0.05, 0.1) is 0 Å². The highest BCUT2D eigenvalue weighted by Gasteiger charge is 2.42. The van der Waals surface area contributed by atoms with Gasteiger partial charge in [-0.15, -0.1) is 0 Å². The average Bonchev–Trinajstić information content (AvgIpc) is 1.87. The van der Waals surface area contributed by atoms with E-state index in [4.69, 9.17) is 9.47 Å². The van der Waals surface area contributed by atoms with Gasteiger partial charge in [-0.1, -0.05) is 6.08 Å². The lowest BCUT2D eigenvalue weighted by molar-refractivity contribution is -0.425. The van der Waals surface area contributed by atoms with Crippen LogP contribution in [0.2, 0.25) is 0 Å². The van der Waals surface area contributed by atoms with Crippen LogP contribution in [0.1, 0.15) is 26.2 Å². The molecule has 1 fully saturated rings. The highest BCUT2D eigenvalue weighted by Crippen LogP contribution is 2.37. The van der Waals surface area contributed by atoms with E-state index in [1.54, 1.807) is 0 Å². The molecule has 1 aliphatic heterocycles. The Bertz CT molecular complexity index is 157. The molecule has 0 unspecified atom stereocenters. The standard InChI is InChI=1S/C8H12O2/c1-7-9-8(10-7)5-3-2-4-6-8/h3,5,7H,2,4,6H2,1H3. The molecule has 0 bridgehead atoms. The summed E-state index contributed by atoms with van der Waals surface area (Å²) in [5, 5.41) is 0. The Kier molecular flexibility index (Phi) is 1.32. The Labute approximate surface area is 60.8 Å². The monoisotopic (exact) mass is 140 g/mol. The SMILES string of the molecule is CC1OC2(C=CCCC2)O1. The van der Waals surface area contributed by atoms with Crippen molar-refractivity contribution < 1.29 is 9.47 Å². The maximum Gasteiger partial charge on any atom is 0.193 e. The van der Waals surface area contributed by atoms with Gasteiger partial charge in [-0.25, -0.2) is 0 Å². The third kappa shape index (κ3) is 0.879. The molecule has 0 aromatic rings. The van der Waals surface area contributed by atoms with Crippen molar-refractivity contribution in [3.63, 3.8) is 0 Å². The molecule has 2 rings (SSSR count). The first kappa shape index (κ1) is 6.38. The van der Waals surface area contributed by atoms with E-state index < -0.39 is 0 Å². The number of hydrogen-bond acceptors (Lipinski definition) is 2. The van der Waals surface area contributed by atoms with E-state index in [0.29, 0.717) is 0 Å². The molecule has 0 atom stereocenters. The largest absolute Gasteiger partial charge is 0.317 e. The summed E-state index contributed by atoms with van der Waals surface area (Å²) in [7, 11) is 0. The summed E-state index contributed by atoms with van der Waals surface area (Å²) < 4.78 is 10.9. The Morgan fingerprint density at radius 1 is 1.50 bits per heavy atom. The number of rotatable bonds is 0. The maximum absolute atomic E-state index is 5.46. The van der Waals surface area contributed by atoms with E-state index in [1.807, 2.05) is 13.0 Å². The van der Waals surface area contributed by atoms with Gasteiger partial charge in [-0.05, 0) is 25.8 Å². The third-order valence-electron chi connectivity index (χ3n) is 2.00. The molecule has 2 heteroatoms. The zero-order chi connectivity index (χ0) is 7.03. The van der Waals surface area contributed by atoms with Crippen LogP contribution in [0.3, 0.4) is 0 Å². The van der Waals surface area contributed by atoms with Gasteiger partial charge in [0.15, 0.2) is 12.1 Å². The van der Waals surface area contributed by atoms with Crippen LogP contribution in [-0.2, 0) is 9.47 Å². The predicted octanol–water partition coefficient (Wildman–Crippen LogP) is 1.82.